The summed E-state index contributed by atoms with van der Waals surface area (Å²) in [5.41, 5.74) is 8.41. The second-order valence-electron chi connectivity index (χ2n) is 6.92. The van der Waals surface area contributed by atoms with Crippen LogP contribution in [0.3, 0.4) is 0 Å². The summed E-state index contributed by atoms with van der Waals surface area (Å²) >= 11 is 0. The van der Waals surface area contributed by atoms with Crippen molar-refractivity contribution in [1.82, 2.24) is 20.4 Å². The van der Waals surface area contributed by atoms with E-state index in [0.29, 0.717) is 0 Å². The second-order valence-corrected chi connectivity index (χ2v) is 6.92. The minimum absolute atomic E-state index is 0.925. The smallest absolute Gasteiger partial charge is 0.0927 e. The Labute approximate surface area is 163 Å². The van der Waals surface area contributed by atoms with Gasteiger partial charge in [-0.25, -0.2) is 0 Å². The maximum absolute atomic E-state index is 4.52. The Morgan fingerprint density at radius 3 is 2.04 bits per heavy atom. The molecule has 2 heterocycles. The van der Waals surface area contributed by atoms with Gasteiger partial charge >= 0.3 is 0 Å². The maximum atomic E-state index is 4.52. The van der Waals surface area contributed by atoms with Gasteiger partial charge in [0.25, 0.3) is 0 Å². The van der Waals surface area contributed by atoms with Crippen molar-refractivity contribution in [2.24, 2.45) is 0 Å². The van der Waals surface area contributed by atoms with Gasteiger partial charge in [-0.3, -0.25) is 10.2 Å². The number of nitrogens with zero attached hydrogens (tertiary/aromatic N) is 2. The molecule has 0 aliphatic heterocycles. The van der Waals surface area contributed by atoms with Crippen LogP contribution in [-0.4, -0.2) is 20.4 Å². The average Bonchev–Trinajstić information content (AvgIpc) is 3.46. The van der Waals surface area contributed by atoms with Gasteiger partial charge in [0.2, 0.25) is 0 Å². The highest BCUT2D eigenvalue weighted by molar-refractivity contribution is 5.77. The van der Waals surface area contributed by atoms with Gasteiger partial charge in [0.1, 0.15) is 0 Å². The van der Waals surface area contributed by atoms with Gasteiger partial charge in [-0.05, 0) is 42.2 Å². The molecule has 2 aromatic carbocycles. The van der Waals surface area contributed by atoms with Crippen LogP contribution in [0, 0.1) is 0 Å². The maximum Gasteiger partial charge on any atom is 0.0927 e. The fraction of sp³-hybridized carbons (Fsp3) is 0.0833. The molecule has 0 amide bonds. The molecule has 0 saturated heterocycles. The molecule has 4 heteroatoms. The van der Waals surface area contributed by atoms with E-state index in [-0.39, 0.29) is 0 Å². The van der Waals surface area contributed by atoms with Crippen molar-refractivity contribution in [1.29, 1.82) is 0 Å². The SMILES string of the molecule is C1=CC(c2cc(-c3cccc(-c4cc(-c5ccccc5)[nH]n4)c3)n[nH]2)=CCC1. The molecule has 0 atom stereocenters. The van der Waals surface area contributed by atoms with E-state index in [4.69, 9.17) is 0 Å². The summed E-state index contributed by atoms with van der Waals surface area (Å²) in [5.74, 6) is 0. The lowest BCUT2D eigenvalue weighted by atomic mass is 10.0. The third kappa shape index (κ3) is 3.21. The molecular weight excluding hydrogens is 344 g/mol. The topological polar surface area (TPSA) is 57.4 Å². The van der Waals surface area contributed by atoms with Crippen LogP contribution in [0.15, 0.2) is 85.0 Å². The fourth-order valence-corrected chi connectivity index (χ4v) is 3.50. The van der Waals surface area contributed by atoms with Crippen LogP contribution < -0.4 is 0 Å². The molecule has 136 valence electrons. The fourth-order valence-electron chi connectivity index (χ4n) is 3.50. The Hall–Kier alpha value is -3.66. The molecule has 0 spiro atoms. The number of aromatic amines is 2. The molecule has 4 nitrogen and oxygen atoms in total. The molecule has 0 unspecified atom stereocenters. The largest absolute Gasteiger partial charge is 0.277 e. The van der Waals surface area contributed by atoms with E-state index in [2.05, 4.69) is 87.2 Å². The van der Waals surface area contributed by atoms with Gasteiger partial charge in [-0.15, -0.1) is 0 Å². The van der Waals surface area contributed by atoms with E-state index in [0.717, 1.165) is 52.3 Å². The van der Waals surface area contributed by atoms with E-state index >= 15 is 0 Å². The Morgan fingerprint density at radius 1 is 0.643 bits per heavy atom. The summed E-state index contributed by atoms with van der Waals surface area (Å²) in [6, 6.07) is 22.8. The molecular formula is C24H20N4. The van der Waals surface area contributed by atoms with Gasteiger partial charge in [-0.1, -0.05) is 66.8 Å². The van der Waals surface area contributed by atoms with Crippen molar-refractivity contribution in [3.05, 3.63) is 90.7 Å². The van der Waals surface area contributed by atoms with Gasteiger partial charge in [0.05, 0.1) is 22.8 Å². The van der Waals surface area contributed by atoms with E-state index in [1.165, 1.54) is 5.57 Å². The normalized spacial score (nSPS) is 13.5. The van der Waals surface area contributed by atoms with Crippen LogP contribution in [0.1, 0.15) is 18.5 Å². The first kappa shape index (κ1) is 16.5. The van der Waals surface area contributed by atoms with Crippen molar-refractivity contribution >= 4 is 5.57 Å². The van der Waals surface area contributed by atoms with Crippen molar-refractivity contribution in [2.45, 2.75) is 12.8 Å². The third-order valence-electron chi connectivity index (χ3n) is 5.00. The van der Waals surface area contributed by atoms with Crippen molar-refractivity contribution in [2.75, 3.05) is 0 Å². The molecule has 0 radical (unpaired) electrons. The van der Waals surface area contributed by atoms with E-state index < -0.39 is 0 Å². The Balaban J connectivity index is 1.45. The molecule has 28 heavy (non-hydrogen) atoms. The monoisotopic (exact) mass is 364 g/mol. The van der Waals surface area contributed by atoms with E-state index in [1.807, 2.05) is 18.2 Å². The summed E-state index contributed by atoms with van der Waals surface area (Å²) in [4.78, 5) is 0. The summed E-state index contributed by atoms with van der Waals surface area (Å²) in [5, 5.41) is 15.3. The standard InChI is InChI=1S/C24H20N4/c1-3-8-17(9-4-1)21-15-23(27-25-21)19-12-7-13-20(14-19)24-16-22(26-28-24)18-10-5-2-6-11-18/h1,3-5,7-16H,2,6H2,(H,25,27)(H,26,28). The highest BCUT2D eigenvalue weighted by Crippen LogP contribution is 2.29. The zero-order valence-electron chi connectivity index (χ0n) is 15.4. The molecule has 0 saturated carbocycles. The highest BCUT2D eigenvalue weighted by atomic mass is 15.1. The predicted molar refractivity (Wildman–Crippen MR) is 113 cm³/mol. The minimum Gasteiger partial charge on any atom is -0.277 e. The van der Waals surface area contributed by atoms with E-state index in [1.54, 1.807) is 0 Å². The van der Waals surface area contributed by atoms with Crippen LogP contribution >= 0.6 is 0 Å². The molecule has 1 aliphatic rings. The van der Waals surface area contributed by atoms with Crippen LogP contribution in [0.2, 0.25) is 0 Å². The highest BCUT2D eigenvalue weighted by Gasteiger charge is 2.10. The lowest BCUT2D eigenvalue weighted by molar-refractivity contribution is 1.03. The molecule has 0 fully saturated rings. The first-order valence-corrected chi connectivity index (χ1v) is 9.51. The number of allylic oxidation sites excluding steroid dienone is 4. The second kappa shape index (κ2) is 7.16. The Kier molecular flexibility index (Phi) is 4.22. The summed E-state index contributed by atoms with van der Waals surface area (Å²) < 4.78 is 0. The van der Waals surface area contributed by atoms with Crippen LogP contribution in [0.25, 0.3) is 39.3 Å². The Bertz CT molecular complexity index is 1160. The van der Waals surface area contributed by atoms with Gasteiger partial charge in [-0.2, -0.15) is 10.2 Å². The number of hydrogen-bond donors (Lipinski definition) is 2. The van der Waals surface area contributed by atoms with Crippen LogP contribution in [0.4, 0.5) is 0 Å². The van der Waals surface area contributed by atoms with Gasteiger partial charge in [0, 0.05) is 11.1 Å². The number of aromatic nitrogens is 4. The first-order chi connectivity index (χ1) is 13.9. The molecule has 2 aromatic heterocycles. The number of benzene rings is 2. The molecule has 0 bridgehead atoms. The van der Waals surface area contributed by atoms with Crippen molar-refractivity contribution in [3.63, 3.8) is 0 Å². The third-order valence-corrected chi connectivity index (χ3v) is 5.00. The average molecular weight is 364 g/mol. The zero-order chi connectivity index (χ0) is 18.8. The Morgan fingerprint density at radius 2 is 1.32 bits per heavy atom. The first-order valence-electron chi connectivity index (χ1n) is 9.51. The van der Waals surface area contributed by atoms with Crippen LogP contribution in [-0.2, 0) is 0 Å². The summed E-state index contributed by atoms with van der Waals surface area (Å²) in [7, 11) is 0. The number of rotatable bonds is 4. The molecule has 5 rings (SSSR count). The van der Waals surface area contributed by atoms with E-state index in [9.17, 15) is 0 Å². The van der Waals surface area contributed by atoms with Gasteiger partial charge < -0.3 is 0 Å². The quantitative estimate of drug-likeness (QED) is 0.476. The number of H-pyrrole nitrogens is 2. The molecule has 2 N–H and O–H groups in total. The number of nitrogens with one attached hydrogen (secondary N) is 2. The van der Waals surface area contributed by atoms with Crippen LogP contribution in [0.5, 0.6) is 0 Å². The summed E-state index contributed by atoms with van der Waals surface area (Å²) in [6.07, 6.45) is 8.81. The minimum atomic E-state index is 0.925. The predicted octanol–water partition coefficient (Wildman–Crippen LogP) is 5.87. The van der Waals surface area contributed by atoms with Crippen molar-refractivity contribution in [3.8, 4) is 33.8 Å². The summed E-state index contributed by atoms with van der Waals surface area (Å²) in [6.45, 7) is 0. The molecule has 4 aromatic rings. The number of hydrogen-bond acceptors (Lipinski definition) is 2. The van der Waals surface area contributed by atoms with Gasteiger partial charge in [0.15, 0.2) is 0 Å². The lowest BCUT2D eigenvalue weighted by Crippen LogP contribution is -1.85. The molecule has 1 aliphatic carbocycles. The lowest BCUT2D eigenvalue weighted by Gasteiger charge is -2.03. The van der Waals surface area contributed by atoms with Crippen molar-refractivity contribution < 1.29 is 0 Å². The zero-order valence-corrected chi connectivity index (χ0v) is 15.4.